The Morgan fingerprint density at radius 1 is 1.17 bits per heavy atom. The summed E-state index contributed by atoms with van der Waals surface area (Å²) < 4.78 is 0. The molecular formula is C17H29Cl2N3O. The summed E-state index contributed by atoms with van der Waals surface area (Å²) in [5, 5.41) is 5.87. The Morgan fingerprint density at radius 3 is 2.48 bits per heavy atom. The van der Waals surface area contributed by atoms with E-state index in [4.69, 9.17) is 0 Å². The normalized spacial score (nSPS) is 14.7. The van der Waals surface area contributed by atoms with Crippen LogP contribution in [-0.2, 0) is 11.3 Å². The minimum absolute atomic E-state index is 0. The molecule has 6 heteroatoms. The van der Waals surface area contributed by atoms with Crippen LogP contribution in [0, 0.1) is 0 Å². The van der Waals surface area contributed by atoms with E-state index in [0.29, 0.717) is 12.6 Å². The SMILES string of the molecule is CNCC(=O)Nc1ccccc1CN(C)C1CCCCC1.Cl.Cl. The van der Waals surface area contributed by atoms with Gasteiger partial charge in [0, 0.05) is 18.3 Å². The van der Waals surface area contributed by atoms with E-state index in [9.17, 15) is 4.79 Å². The predicted molar refractivity (Wildman–Crippen MR) is 102 cm³/mol. The van der Waals surface area contributed by atoms with E-state index in [1.165, 1.54) is 37.7 Å². The summed E-state index contributed by atoms with van der Waals surface area (Å²) in [4.78, 5) is 14.2. The number of benzene rings is 1. The molecule has 1 aliphatic carbocycles. The summed E-state index contributed by atoms with van der Waals surface area (Å²) in [6, 6.07) is 8.78. The molecule has 0 bridgehead atoms. The fourth-order valence-corrected chi connectivity index (χ4v) is 3.05. The maximum Gasteiger partial charge on any atom is 0.238 e. The van der Waals surface area contributed by atoms with Gasteiger partial charge in [-0.05, 0) is 38.6 Å². The van der Waals surface area contributed by atoms with Crippen LogP contribution in [0.3, 0.4) is 0 Å². The first-order valence-corrected chi connectivity index (χ1v) is 7.93. The van der Waals surface area contributed by atoms with Crippen molar-refractivity contribution in [3.8, 4) is 0 Å². The Labute approximate surface area is 152 Å². The maximum absolute atomic E-state index is 11.8. The lowest BCUT2D eigenvalue weighted by Crippen LogP contribution is -2.33. The van der Waals surface area contributed by atoms with Crippen LogP contribution in [0.5, 0.6) is 0 Å². The summed E-state index contributed by atoms with van der Waals surface area (Å²) >= 11 is 0. The monoisotopic (exact) mass is 361 g/mol. The number of nitrogens with one attached hydrogen (secondary N) is 2. The highest BCUT2D eigenvalue weighted by atomic mass is 35.5. The first-order chi connectivity index (χ1) is 10.2. The smallest absolute Gasteiger partial charge is 0.238 e. The molecule has 4 nitrogen and oxygen atoms in total. The molecule has 0 saturated heterocycles. The van der Waals surface area contributed by atoms with Crippen LogP contribution in [0.1, 0.15) is 37.7 Å². The molecule has 23 heavy (non-hydrogen) atoms. The Morgan fingerprint density at radius 2 is 1.83 bits per heavy atom. The van der Waals surface area contributed by atoms with E-state index < -0.39 is 0 Å². The highest BCUT2D eigenvalue weighted by molar-refractivity contribution is 5.92. The number of carbonyl (C=O) groups is 1. The molecule has 0 spiro atoms. The van der Waals surface area contributed by atoms with Crippen LogP contribution < -0.4 is 10.6 Å². The Bertz CT molecular complexity index is 465. The highest BCUT2D eigenvalue weighted by Gasteiger charge is 2.19. The molecule has 0 heterocycles. The topological polar surface area (TPSA) is 44.4 Å². The summed E-state index contributed by atoms with van der Waals surface area (Å²) in [5.74, 6) is 0.00488. The molecule has 0 unspecified atom stereocenters. The maximum atomic E-state index is 11.8. The molecule has 0 aliphatic heterocycles. The van der Waals surface area contributed by atoms with Crippen LogP contribution >= 0.6 is 24.8 Å². The third-order valence-electron chi connectivity index (χ3n) is 4.25. The summed E-state index contributed by atoms with van der Waals surface area (Å²) in [6.45, 7) is 1.23. The third kappa shape index (κ3) is 7.08. The van der Waals surface area contributed by atoms with Crippen LogP contribution in [0.4, 0.5) is 5.69 Å². The summed E-state index contributed by atoms with van der Waals surface area (Å²) in [7, 11) is 3.98. The van der Waals surface area contributed by atoms with E-state index in [0.717, 1.165) is 12.2 Å². The van der Waals surface area contributed by atoms with Gasteiger partial charge in [-0.15, -0.1) is 24.8 Å². The zero-order valence-electron chi connectivity index (χ0n) is 14.0. The molecule has 1 aliphatic rings. The number of nitrogens with zero attached hydrogens (tertiary/aromatic N) is 1. The minimum Gasteiger partial charge on any atom is -0.325 e. The minimum atomic E-state index is 0. The zero-order valence-corrected chi connectivity index (χ0v) is 15.6. The van der Waals surface area contributed by atoms with Crippen molar-refractivity contribution < 1.29 is 4.79 Å². The van der Waals surface area contributed by atoms with Gasteiger partial charge >= 0.3 is 0 Å². The lowest BCUT2D eigenvalue weighted by molar-refractivity contribution is -0.115. The number of para-hydroxylation sites is 1. The first kappa shape index (κ1) is 22.2. The van der Waals surface area contributed by atoms with Gasteiger partial charge in [0.25, 0.3) is 0 Å². The van der Waals surface area contributed by atoms with Crippen molar-refractivity contribution in [1.29, 1.82) is 0 Å². The van der Waals surface area contributed by atoms with Gasteiger partial charge in [0.05, 0.1) is 6.54 Å². The van der Waals surface area contributed by atoms with Gasteiger partial charge in [-0.2, -0.15) is 0 Å². The number of amides is 1. The first-order valence-electron chi connectivity index (χ1n) is 7.93. The van der Waals surface area contributed by atoms with Gasteiger partial charge in [-0.1, -0.05) is 37.5 Å². The molecule has 132 valence electrons. The van der Waals surface area contributed by atoms with E-state index >= 15 is 0 Å². The van der Waals surface area contributed by atoms with Crippen molar-refractivity contribution in [1.82, 2.24) is 10.2 Å². The van der Waals surface area contributed by atoms with E-state index in [1.807, 2.05) is 18.2 Å². The van der Waals surface area contributed by atoms with Crippen molar-refractivity contribution in [3.05, 3.63) is 29.8 Å². The zero-order chi connectivity index (χ0) is 15.1. The van der Waals surface area contributed by atoms with E-state index in [-0.39, 0.29) is 30.7 Å². The van der Waals surface area contributed by atoms with Gasteiger partial charge < -0.3 is 10.6 Å². The molecule has 2 rings (SSSR count). The van der Waals surface area contributed by atoms with E-state index in [1.54, 1.807) is 7.05 Å². The van der Waals surface area contributed by atoms with Crippen LogP contribution in [0.25, 0.3) is 0 Å². The van der Waals surface area contributed by atoms with Gasteiger partial charge in [0.1, 0.15) is 0 Å². The van der Waals surface area contributed by atoms with Crippen LogP contribution in [-0.4, -0.2) is 37.5 Å². The molecule has 2 N–H and O–H groups in total. The Balaban J connectivity index is 0.00000242. The standard InChI is InChI=1S/C17H27N3O.2ClH/c1-18-12-17(21)19-16-11-7-6-8-14(16)13-20(2)15-9-4-3-5-10-15;;/h6-8,11,15,18H,3-5,9-10,12-13H2,1-2H3,(H,19,21);2*1H. The van der Waals surface area contributed by atoms with Crippen LogP contribution in [0.15, 0.2) is 24.3 Å². The second kappa shape index (κ2) is 11.7. The molecule has 0 radical (unpaired) electrons. The predicted octanol–water partition coefficient (Wildman–Crippen LogP) is 3.45. The Kier molecular flexibility index (Phi) is 11.3. The number of hydrogen-bond acceptors (Lipinski definition) is 3. The lowest BCUT2D eigenvalue weighted by atomic mass is 9.94. The fourth-order valence-electron chi connectivity index (χ4n) is 3.05. The summed E-state index contributed by atoms with van der Waals surface area (Å²) in [6.07, 6.45) is 6.65. The molecule has 1 fully saturated rings. The average molecular weight is 362 g/mol. The van der Waals surface area contributed by atoms with Gasteiger partial charge in [-0.3, -0.25) is 9.69 Å². The average Bonchev–Trinajstić information content (AvgIpc) is 2.50. The van der Waals surface area contributed by atoms with Crippen molar-refractivity contribution in [2.24, 2.45) is 0 Å². The number of likely N-dealkylation sites (N-methyl/N-ethyl adjacent to an activating group) is 1. The van der Waals surface area contributed by atoms with E-state index in [2.05, 4.69) is 28.6 Å². The quantitative estimate of drug-likeness (QED) is 0.815. The van der Waals surface area contributed by atoms with Crippen molar-refractivity contribution in [2.45, 2.75) is 44.7 Å². The van der Waals surface area contributed by atoms with Gasteiger partial charge in [0.2, 0.25) is 5.91 Å². The lowest BCUT2D eigenvalue weighted by Gasteiger charge is -2.31. The molecular weight excluding hydrogens is 333 g/mol. The van der Waals surface area contributed by atoms with Crippen molar-refractivity contribution in [3.63, 3.8) is 0 Å². The second-order valence-electron chi connectivity index (χ2n) is 5.94. The Hall–Kier alpha value is -0.810. The number of halogens is 2. The molecule has 0 aromatic heterocycles. The molecule has 1 aromatic rings. The number of anilines is 1. The third-order valence-corrected chi connectivity index (χ3v) is 4.25. The van der Waals surface area contributed by atoms with Gasteiger partial charge in [0.15, 0.2) is 0 Å². The van der Waals surface area contributed by atoms with Crippen molar-refractivity contribution in [2.75, 3.05) is 26.0 Å². The van der Waals surface area contributed by atoms with Crippen LogP contribution in [0.2, 0.25) is 0 Å². The number of hydrogen-bond donors (Lipinski definition) is 2. The number of rotatable bonds is 6. The van der Waals surface area contributed by atoms with Gasteiger partial charge in [-0.25, -0.2) is 0 Å². The summed E-state index contributed by atoms with van der Waals surface area (Å²) in [5.41, 5.74) is 2.12. The number of carbonyl (C=O) groups excluding carboxylic acids is 1. The molecule has 0 atom stereocenters. The largest absolute Gasteiger partial charge is 0.325 e. The van der Waals surface area contributed by atoms with Crippen molar-refractivity contribution >= 4 is 36.4 Å². The second-order valence-corrected chi connectivity index (χ2v) is 5.94. The fraction of sp³-hybridized carbons (Fsp3) is 0.588. The molecule has 1 aromatic carbocycles. The molecule has 1 saturated carbocycles. The highest BCUT2D eigenvalue weighted by Crippen LogP contribution is 2.24. The molecule has 1 amide bonds.